The molecule has 0 saturated heterocycles. The van der Waals surface area contributed by atoms with Crippen LogP contribution in [0.5, 0.6) is 0 Å². The standard InChI is InChI=1S/C15H25N3S/c1-2-9-18-14(16-17-15(18)19)13-8-7-11-5-3-4-6-12(11)10-13/h11-13H,2-10H2,1H3,(H,17,19). The molecule has 1 N–H and O–H groups in total. The zero-order chi connectivity index (χ0) is 13.2. The highest BCUT2D eigenvalue weighted by Gasteiger charge is 2.34. The number of H-pyrrole nitrogens is 1. The summed E-state index contributed by atoms with van der Waals surface area (Å²) in [5.74, 6) is 3.83. The van der Waals surface area contributed by atoms with Crippen LogP contribution in [-0.4, -0.2) is 14.8 Å². The lowest BCUT2D eigenvalue weighted by Crippen LogP contribution is -2.28. The third-order valence-electron chi connectivity index (χ3n) is 5.14. The van der Waals surface area contributed by atoms with E-state index >= 15 is 0 Å². The summed E-state index contributed by atoms with van der Waals surface area (Å²) < 4.78 is 3.05. The maximum Gasteiger partial charge on any atom is 0.195 e. The van der Waals surface area contributed by atoms with Crippen molar-refractivity contribution in [2.24, 2.45) is 11.8 Å². The average Bonchev–Trinajstić information content (AvgIpc) is 2.80. The van der Waals surface area contributed by atoms with Crippen LogP contribution in [0.1, 0.15) is 70.0 Å². The fourth-order valence-corrected chi connectivity index (χ4v) is 4.42. The lowest BCUT2D eigenvalue weighted by molar-refractivity contribution is 0.151. The molecule has 2 saturated carbocycles. The third kappa shape index (κ3) is 2.64. The van der Waals surface area contributed by atoms with Gasteiger partial charge in [0.05, 0.1) is 0 Å². The Morgan fingerprint density at radius 2 is 2.00 bits per heavy atom. The summed E-state index contributed by atoms with van der Waals surface area (Å²) in [6, 6.07) is 0. The van der Waals surface area contributed by atoms with Gasteiger partial charge in [0.25, 0.3) is 0 Å². The number of hydrogen-bond acceptors (Lipinski definition) is 2. The monoisotopic (exact) mass is 279 g/mol. The van der Waals surface area contributed by atoms with E-state index in [4.69, 9.17) is 12.2 Å². The Morgan fingerprint density at radius 3 is 2.79 bits per heavy atom. The fraction of sp³-hybridized carbons (Fsp3) is 0.867. The van der Waals surface area contributed by atoms with E-state index in [2.05, 4.69) is 21.7 Å². The first-order chi connectivity index (χ1) is 9.29. The number of rotatable bonds is 3. The first kappa shape index (κ1) is 13.3. The zero-order valence-electron chi connectivity index (χ0n) is 11.9. The molecule has 3 rings (SSSR count). The van der Waals surface area contributed by atoms with Gasteiger partial charge in [0.1, 0.15) is 5.82 Å². The molecule has 3 atom stereocenters. The Balaban J connectivity index is 1.77. The van der Waals surface area contributed by atoms with E-state index in [1.54, 1.807) is 0 Å². The van der Waals surface area contributed by atoms with Crippen LogP contribution in [0.25, 0.3) is 0 Å². The van der Waals surface area contributed by atoms with E-state index in [0.29, 0.717) is 5.92 Å². The van der Waals surface area contributed by atoms with Crippen LogP contribution in [0.15, 0.2) is 0 Å². The molecule has 4 heteroatoms. The van der Waals surface area contributed by atoms with Gasteiger partial charge in [-0.15, -0.1) is 0 Å². The summed E-state index contributed by atoms with van der Waals surface area (Å²) >= 11 is 5.37. The number of aromatic amines is 1. The van der Waals surface area contributed by atoms with Crippen molar-refractivity contribution in [3.63, 3.8) is 0 Å². The highest BCUT2D eigenvalue weighted by Crippen LogP contribution is 2.45. The van der Waals surface area contributed by atoms with Crippen LogP contribution < -0.4 is 0 Å². The molecule has 2 fully saturated rings. The smallest absolute Gasteiger partial charge is 0.195 e. The molecule has 3 unspecified atom stereocenters. The van der Waals surface area contributed by atoms with Crippen LogP contribution in [0, 0.1) is 16.6 Å². The SMILES string of the molecule is CCCn1c(C2CCC3CCCCC3C2)n[nH]c1=S. The van der Waals surface area contributed by atoms with Crippen molar-refractivity contribution in [1.29, 1.82) is 0 Å². The van der Waals surface area contributed by atoms with Gasteiger partial charge in [0.15, 0.2) is 4.77 Å². The van der Waals surface area contributed by atoms with E-state index < -0.39 is 0 Å². The molecular formula is C15H25N3S. The second-order valence-electron chi connectivity index (χ2n) is 6.35. The van der Waals surface area contributed by atoms with Crippen LogP contribution in [0.4, 0.5) is 0 Å². The van der Waals surface area contributed by atoms with Crippen molar-refractivity contribution in [1.82, 2.24) is 14.8 Å². The van der Waals surface area contributed by atoms with Gasteiger partial charge in [-0.2, -0.15) is 5.10 Å². The molecule has 2 aliphatic carbocycles. The molecule has 2 aliphatic rings. The minimum atomic E-state index is 0.638. The fourth-order valence-electron chi connectivity index (χ4n) is 4.19. The largest absolute Gasteiger partial charge is 0.304 e. The summed E-state index contributed by atoms with van der Waals surface area (Å²) in [5.41, 5.74) is 0. The lowest BCUT2D eigenvalue weighted by atomic mass is 9.67. The molecule has 0 bridgehead atoms. The molecule has 0 radical (unpaired) electrons. The molecule has 1 heterocycles. The van der Waals surface area contributed by atoms with Crippen molar-refractivity contribution >= 4 is 12.2 Å². The predicted molar refractivity (Wildman–Crippen MR) is 79.7 cm³/mol. The molecule has 1 aromatic heterocycles. The normalized spacial score (nSPS) is 31.1. The number of fused-ring (bicyclic) bond motifs is 1. The Morgan fingerprint density at radius 1 is 1.21 bits per heavy atom. The van der Waals surface area contributed by atoms with Gasteiger partial charge in [0.2, 0.25) is 0 Å². The Hall–Kier alpha value is -0.640. The molecule has 106 valence electrons. The average molecular weight is 279 g/mol. The van der Waals surface area contributed by atoms with Crippen molar-refractivity contribution in [2.45, 2.75) is 70.8 Å². The highest BCUT2D eigenvalue weighted by atomic mass is 32.1. The van der Waals surface area contributed by atoms with Gasteiger partial charge in [0, 0.05) is 12.5 Å². The van der Waals surface area contributed by atoms with Crippen LogP contribution in [0.2, 0.25) is 0 Å². The van der Waals surface area contributed by atoms with E-state index in [9.17, 15) is 0 Å². The van der Waals surface area contributed by atoms with Crippen molar-refractivity contribution < 1.29 is 0 Å². The first-order valence-electron chi connectivity index (χ1n) is 7.94. The Labute approximate surface area is 120 Å². The third-order valence-corrected chi connectivity index (χ3v) is 5.45. The minimum Gasteiger partial charge on any atom is -0.304 e. The van der Waals surface area contributed by atoms with Gasteiger partial charge < -0.3 is 4.57 Å². The number of nitrogens with one attached hydrogen (secondary N) is 1. The molecule has 19 heavy (non-hydrogen) atoms. The van der Waals surface area contributed by atoms with Gasteiger partial charge in [-0.25, -0.2) is 0 Å². The van der Waals surface area contributed by atoms with Gasteiger partial charge in [-0.05, 0) is 49.7 Å². The highest BCUT2D eigenvalue weighted by molar-refractivity contribution is 7.71. The maximum absolute atomic E-state index is 5.37. The van der Waals surface area contributed by atoms with Crippen LogP contribution >= 0.6 is 12.2 Å². The van der Waals surface area contributed by atoms with Gasteiger partial charge in [-0.3, -0.25) is 5.10 Å². The Kier molecular flexibility index (Phi) is 4.06. The number of hydrogen-bond donors (Lipinski definition) is 1. The topological polar surface area (TPSA) is 33.6 Å². The molecule has 0 aromatic carbocycles. The summed E-state index contributed by atoms with van der Waals surface area (Å²) in [6.07, 6.45) is 11.0. The van der Waals surface area contributed by atoms with Gasteiger partial charge >= 0.3 is 0 Å². The number of aromatic nitrogens is 3. The minimum absolute atomic E-state index is 0.638. The van der Waals surface area contributed by atoms with Crippen molar-refractivity contribution in [3.05, 3.63) is 10.6 Å². The molecule has 0 spiro atoms. The van der Waals surface area contributed by atoms with E-state index in [-0.39, 0.29) is 0 Å². The molecular weight excluding hydrogens is 254 g/mol. The summed E-state index contributed by atoms with van der Waals surface area (Å²) in [6.45, 7) is 3.21. The summed E-state index contributed by atoms with van der Waals surface area (Å²) in [7, 11) is 0. The van der Waals surface area contributed by atoms with E-state index in [0.717, 1.165) is 29.6 Å². The molecule has 1 aromatic rings. The van der Waals surface area contributed by atoms with Crippen molar-refractivity contribution in [2.75, 3.05) is 0 Å². The molecule has 0 aliphatic heterocycles. The second kappa shape index (κ2) is 5.78. The van der Waals surface area contributed by atoms with Crippen LogP contribution in [0.3, 0.4) is 0 Å². The van der Waals surface area contributed by atoms with E-state index in [1.807, 2.05) is 0 Å². The Bertz CT molecular complexity index is 476. The summed E-state index contributed by atoms with van der Waals surface area (Å²) in [5, 5.41) is 7.55. The quantitative estimate of drug-likeness (QED) is 0.831. The van der Waals surface area contributed by atoms with Gasteiger partial charge in [-0.1, -0.05) is 32.6 Å². The van der Waals surface area contributed by atoms with Crippen molar-refractivity contribution in [3.8, 4) is 0 Å². The molecule has 3 nitrogen and oxygen atoms in total. The molecule has 0 amide bonds. The van der Waals surface area contributed by atoms with E-state index in [1.165, 1.54) is 50.8 Å². The maximum atomic E-state index is 5.37. The first-order valence-corrected chi connectivity index (χ1v) is 8.35. The second-order valence-corrected chi connectivity index (χ2v) is 6.74. The van der Waals surface area contributed by atoms with Crippen LogP contribution in [-0.2, 0) is 6.54 Å². The summed E-state index contributed by atoms with van der Waals surface area (Å²) in [4.78, 5) is 0. The lowest BCUT2D eigenvalue weighted by Gasteiger charge is -2.39. The predicted octanol–water partition coefficient (Wildman–Crippen LogP) is 4.42. The zero-order valence-corrected chi connectivity index (χ0v) is 12.7. The number of nitrogens with zero attached hydrogens (tertiary/aromatic N) is 2.